The Balaban J connectivity index is 1.43. The van der Waals surface area contributed by atoms with Crippen molar-refractivity contribution in [1.82, 2.24) is 14.7 Å². The van der Waals surface area contributed by atoms with Gasteiger partial charge in [0, 0.05) is 51.3 Å². The molecule has 2 aliphatic heterocycles. The average Bonchev–Trinajstić information content (AvgIpc) is 2.95. The van der Waals surface area contributed by atoms with Crippen LogP contribution in [0.5, 0.6) is 0 Å². The van der Waals surface area contributed by atoms with Gasteiger partial charge in [-0.15, -0.1) is 0 Å². The zero-order valence-corrected chi connectivity index (χ0v) is 20.2. The summed E-state index contributed by atoms with van der Waals surface area (Å²) in [5.41, 5.74) is 0.802. The molecule has 3 rings (SSSR count). The van der Waals surface area contributed by atoms with Crippen LogP contribution in [-0.4, -0.2) is 83.0 Å². The molecule has 2 unspecified atom stereocenters. The lowest BCUT2D eigenvalue weighted by Crippen LogP contribution is -2.44. The third-order valence-corrected chi connectivity index (χ3v) is 7.11. The van der Waals surface area contributed by atoms with Crippen LogP contribution in [0.15, 0.2) is 24.3 Å². The molecule has 1 aromatic rings. The monoisotopic (exact) mass is 481 g/mol. The van der Waals surface area contributed by atoms with E-state index in [1.807, 2.05) is 4.90 Å². The largest absolute Gasteiger partial charge is 0.392 e. The van der Waals surface area contributed by atoms with E-state index in [0.717, 1.165) is 44.3 Å². The molecule has 2 heterocycles. The molecule has 6 nitrogen and oxygen atoms in total. The average molecular weight is 482 g/mol. The fourth-order valence-corrected chi connectivity index (χ4v) is 4.61. The molecule has 0 aromatic heterocycles. The second-order valence-electron chi connectivity index (χ2n) is 8.75. The van der Waals surface area contributed by atoms with Gasteiger partial charge in [-0.1, -0.05) is 29.3 Å². The zero-order valence-electron chi connectivity index (χ0n) is 18.7. The molecule has 2 fully saturated rings. The number of hydrogen-bond acceptors (Lipinski definition) is 4. The van der Waals surface area contributed by atoms with E-state index in [2.05, 4.69) is 11.8 Å². The summed E-state index contributed by atoms with van der Waals surface area (Å²) in [5.74, 6) is -0.00103. The normalized spacial score (nSPS) is 23.1. The summed E-state index contributed by atoms with van der Waals surface area (Å²) in [6, 6.07) is 5.73. The smallest absolute Gasteiger partial charge is 0.246 e. The van der Waals surface area contributed by atoms with Crippen LogP contribution in [0.3, 0.4) is 0 Å². The number of carbonyl (C=O) groups excluding carboxylic acids is 2. The molecule has 0 saturated carbocycles. The van der Waals surface area contributed by atoms with Gasteiger partial charge in [-0.2, -0.15) is 0 Å². The Kier molecular flexibility index (Phi) is 9.41. The minimum atomic E-state index is -0.215. The topological polar surface area (TPSA) is 64.1 Å². The third kappa shape index (κ3) is 7.20. The summed E-state index contributed by atoms with van der Waals surface area (Å²) >= 11 is 12.0. The number of halogens is 2. The summed E-state index contributed by atoms with van der Waals surface area (Å²) in [7, 11) is 0. The van der Waals surface area contributed by atoms with Gasteiger partial charge >= 0.3 is 0 Å². The lowest BCUT2D eigenvalue weighted by Gasteiger charge is -2.36. The van der Waals surface area contributed by atoms with Gasteiger partial charge in [-0.3, -0.25) is 14.5 Å². The van der Waals surface area contributed by atoms with Gasteiger partial charge in [0.2, 0.25) is 11.8 Å². The number of likely N-dealkylation sites (tertiary alicyclic amines) is 1. The first-order valence-corrected chi connectivity index (χ1v) is 12.2. The molecule has 32 heavy (non-hydrogen) atoms. The fraction of sp³-hybridized carbons (Fsp3) is 0.583. The summed E-state index contributed by atoms with van der Waals surface area (Å²) in [6.07, 6.45) is 7.22. The van der Waals surface area contributed by atoms with Crippen LogP contribution in [0.25, 0.3) is 6.08 Å². The molecule has 2 saturated heterocycles. The van der Waals surface area contributed by atoms with E-state index in [9.17, 15) is 14.7 Å². The summed E-state index contributed by atoms with van der Waals surface area (Å²) in [6.45, 7) is 6.15. The first-order chi connectivity index (χ1) is 15.3. The van der Waals surface area contributed by atoms with Crippen molar-refractivity contribution in [3.05, 3.63) is 39.9 Å². The predicted molar refractivity (Wildman–Crippen MR) is 129 cm³/mol. The lowest BCUT2D eigenvalue weighted by molar-refractivity contribution is -0.130. The molecule has 1 aromatic carbocycles. The first-order valence-electron chi connectivity index (χ1n) is 11.5. The highest BCUT2D eigenvalue weighted by molar-refractivity contribution is 6.42. The Bertz CT molecular complexity index is 833. The number of unbranched alkanes of at least 4 members (excludes halogenated alkanes) is 1. The van der Waals surface area contributed by atoms with Crippen LogP contribution < -0.4 is 0 Å². The van der Waals surface area contributed by atoms with Crippen molar-refractivity contribution in [1.29, 1.82) is 0 Å². The molecule has 2 atom stereocenters. The van der Waals surface area contributed by atoms with E-state index in [4.69, 9.17) is 23.2 Å². The third-order valence-electron chi connectivity index (χ3n) is 6.37. The van der Waals surface area contributed by atoms with Crippen LogP contribution in [0.4, 0.5) is 0 Å². The molecular formula is C24H33Cl2N3O3. The number of piperidine rings is 1. The Labute approximate surface area is 200 Å². The van der Waals surface area contributed by atoms with Gasteiger partial charge in [0.25, 0.3) is 0 Å². The molecule has 1 N–H and O–H groups in total. The maximum absolute atomic E-state index is 12.6. The van der Waals surface area contributed by atoms with E-state index >= 15 is 0 Å². The Morgan fingerprint density at radius 3 is 2.69 bits per heavy atom. The highest BCUT2D eigenvalue weighted by atomic mass is 35.5. The van der Waals surface area contributed by atoms with Crippen LogP contribution in [0.2, 0.25) is 10.0 Å². The molecule has 0 aliphatic carbocycles. The highest BCUT2D eigenvalue weighted by Crippen LogP contribution is 2.23. The number of aliphatic hydroxyl groups excluding tert-OH is 1. The van der Waals surface area contributed by atoms with Gasteiger partial charge in [0.05, 0.1) is 16.1 Å². The molecule has 176 valence electrons. The van der Waals surface area contributed by atoms with Crippen molar-refractivity contribution in [3.63, 3.8) is 0 Å². The maximum Gasteiger partial charge on any atom is 0.246 e. The Hall–Kier alpha value is -1.60. The molecule has 0 radical (unpaired) electrons. The van der Waals surface area contributed by atoms with Crippen molar-refractivity contribution >= 4 is 41.1 Å². The number of hydrogen-bond donors (Lipinski definition) is 1. The quantitative estimate of drug-likeness (QED) is 0.476. The minimum Gasteiger partial charge on any atom is -0.392 e. The van der Waals surface area contributed by atoms with E-state index in [1.54, 1.807) is 29.2 Å². The summed E-state index contributed by atoms with van der Waals surface area (Å²) in [4.78, 5) is 31.1. The summed E-state index contributed by atoms with van der Waals surface area (Å²) in [5, 5.41) is 10.8. The van der Waals surface area contributed by atoms with Crippen molar-refractivity contribution < 1.29 is 14.7 Å². The second-order valence-corrected chi connectivity index (χ2v) is 9.56. The lowest BCUT2D eigenvalue weighted by atomic mass is 10.0. The zero-order chi connectivity index (χ0) is 23.1. The van der Waals surface area contributed by atoms with E-state index in [-0.39, 0.29) is 17.9 Å². The van der Waals surface area contributed by atoms with Crippen molar-refractivity contribution in [2.24, 2.45) is 0 Å². The molecule has 8 heteroatoms. The van der Waals surface area contributed by atoms with Gasteiger partial charge in [-0.05, 0) is 62.9 Å². The van der Waals surface area contributed by atoms with Crippen molar-refractivity contribution in [3.8, 4) is 0 Å². The predicted octanol–water partition coefficient (Wildman–Crippen LogP) is 3.69. The molecule has 0 spiro atoms. The molecule has 2 amide bonds. The number of nitrogens with zero attached hydrogens (tertiary/aromatic N) is 3. The van der Waals surface area contributed by atoms with Crippen LogP contribution in [0, 0.1) is 0 Å². The molecule has 0 bridgehead atoms. The Morgan fingerprint density at radius 2 is 1.91 bits per heavy atom. The van der Waals surface area contributed by atoms with Gasteiger partial charge < -0.3 is 14.9 Å². The van der Waals surface area contributed by atoms with Crippen LogP contribution in [-0.2, 0) is 9.59 Å². The van der Waals surface area contributed by atoms with E-state index < -0.39 is 0 Å². The summed E-state index contributed by atoms with van der Waals surface area (Å²) < 4.78 is 0. The number of rotatable bonds is 7. The van der Waals surface area contributed by atoms with Crippen LogP contribution >= 0.6 is 23.2 Å². The van der Waals surface area contributed by atoms with Crippen molar-refractivity contribution in [2.45, 2.75) is 51.2 Å². The Morgan fingerprint density at radius 1 is 1.12 bits per heavy atom. The maximum atomic E-state index is 12.6. The van der Waals surface area contributed by atoms with Crippen LogP contribution in [0.1, 0.15) is 44.6 Å². The molecular weight excluding hydrogens is 449 g/mol. The standard InChI is InChI=1S/C24H33Cl2N3O3/c1-18-4-7-20(30)17-29(18)12-3-2-11-27-14-15-28(13-10-24(27)32)23(31)9-6-19-5-8-21(25)22(26)16-19/h5-6,8-9,16,18,20,30H,2-4,7,10-15,17H2,1H3. The second kappa shape index (κ2) is 12.0. The van der Waals surface area contributed by atoms with E-state index in [1.165, 1.54) is 6.08 Å². The SMILES string of the molecule is CC1CCC(O)CN1CCCCN1CCN(C(=O)C=Cc2ccc(Cl)c(Cl)c2)CCC1=O. The molecule has 2 aliphatic rings. The number of β-amino-alcohol motifs (C(OH)–C–C–N with tert-alkyl or cyclic N) is 1. The number of amides is 2. The highest BCUT2D eigenvalue weighted by Gasteiger charge is 2.24. The minimum absolute atomic E-state index is 0.107. The van der Waals surface area contributed by atoms with E-state index in [0.29, 0.717) is 48.7 Å². The number of carbonyl (C=O) groups is 2. The first kappa shape index (κ1) is 25.0. The fourth-order valence-electron chi connectivity index (χ4n) is 4.30. The number of aliphatic hydroxyl groups is 1. The van der Waals surface area contributed by atoms with Gasteiger partial charge in [-0.25, -0.2) is 0 Å². The van der Waals surface area contributed by atoms with Crippen molar-refractivity contribution in [2.75, 3.05) is 39.3 Å². The van der Waals surface area contributed by atoms with Gasteiger partial charge in [0.1, 0.15) is 0 Å². The number of benzene rings is 1. The van der Waals surface area contributed by atoms with Gasteiger partial charge in [0.15, 0.2) is 0 Å².